The number of ketones is 1. The van der Waals surface area contributed by atoms with E-state index in [9.17, 15) is 4.79 Å². The molecule has 0 bridgehead atoms. The summed E-state index contributed by atoms with van der Waals surface area (Å²) in [6.45, 7) is 1.05. The zero-order valence-electron chi connectivity index (χ0n) is 6.15. The van der Waals surface area contributed by atoms with E-state index in [0.29, 0.717) is 5.78 Å². The van der Waals surface area contributed by atoms with E-state index < -0.39 is 0 Å². The van der Waals surface area contributed by atoms with Crippen LogP contribution >= 0.6 is 0 Å². The van der Waals surface area contributed by atoms with Crippen LogP contribution in [0.3, 0.4) is 0 Å². The Kier molecular flexibility index (Phi) is 1.31. The maximum Gasteiger partial charge on any atom is 0.152 e. The molecule has 2 nitrogen and oxygen atoms in total. The summed E-state index contributed by atoms with van der Waals surface area (Å²) >= 11 is 0. The van der Waals surface area contributed by atoms with E-state index in [-0.39, 0.29) is 5.54 Å². The van der Waals surface area contributed by atoms with Crippen molar-refractivity contribution in [2.45, 2.75) is 37.6 Å². The van der Waals surface area contributed by atoms with Gasteiger partial charge in [-0.3, -0.25) is 4.79 Å². The van der Waals surface area contributed by atoms with Gasteiger partial charge < -0.3 is 5.32 Å². The third-order valence-electron chi connectivity index (χ3n) is 2.78. The lowest BCUT2D eigenvalue weighted by Gasteiger charge is -2.20. The van der Waals surface area contributed by atoms with E-state index in [1.165, 1.54) is 6.42 Å². The summed E-state index contributed by atoms with van der Waals surface area (Å²) in [5.74, 6) is 0.463. The van der Waals surface area contributed by atoms with Gasteiger partial charge in [0.15, 0.2) is 5.78 Å². The fourth-order valence-corrected chi connectivity index (χ4v) is 2.19. The Morgan fingerprint density at radius 1 is 1.30 bits per heavy atom. The lowest BCUT2D eigenvalue weighted by molar-refractivity contribution is -0.122. The maximum atomic E-state index is 11.3. The molecular weight excluding hydrogens is 126 g/mol. The van der Waals surface area contributed by atoms with Crippen molar-refractivity contribution in [2.24, 2.45) is 0 Å². The van der Waals surface area contributed by atoms with Gasteiger partial charge in [0.2, 0.25) is 0 Å². The molecule has 1 saturated carbocycles. The second-order valence-electron chi connectivity index (χ2n) is 3.39. The lowest BCUT2D eigenvalue weighted by atomic mass is 9.95. The molecule has 1 heterocycles. The largest absolute Gasteiger partial charge is 0.305 e. The summed E-state index contributed by atoms with van der Waals surface area (Å²) in [4.78, 5) is 11.3. The first-order valence-corrected chi connectivity index (χ1v) is 4.12. The normalized spacial score (nSPS) is 39.8. The van der Waals surface area contributed by atoms with Gasteiger partial charge in [0, 0.05) is 6.42 Å². The maximum absolute atomic E-state index is 11.3. The van der Waals surface area contributed by atoms with Gasteiger partial charge in [-0.25, -0.2) is 0 Å². The van der Waals surface area contributed by atoms with Crippen LogP contribution in [0.5, 0.6) is 0 Å². The molecule has 0 radical (unpaired) electrons. The van der Waals surface area contributed by atoms with E-state index in [1.807, 2.05) is 0 Å². The fourth-order valence-electron chi connectivity index (χ4n) is 2.19. The van der Waals surface area contributed by atoms with Gasteiger partial charge in [-0.1, -0.05) is 0 Å². The Morgan fingerprint density at radius 3 is 2.60 bits per heavy atom. The summed E-state index contributed by atoms with van der Waals surface area (Å²) in [5, 5.41) is 3.33. The molecular formula is C8H13NO. The smallest absolute Gasteiger partial charge is 0.152 e. The summed E-state index contributed by atoms with van der Waals surface area (Å²) in [6.07, 6.45) is 5.28. The summed E-state index contributed by atoms with van der Waals surface area (Å²) in [6, 6.07) is 0. The van der Waals surface area contributed by atoms with Gasteiger partial charge in [-0.2, -0.15) is 0 Å². The minimum Gasteiger partial charge on any atom is -0.305 e. The Labute approximate surface area is 61.0 Å². The lowest BCUT2D eigenvalue weighted by Crippen LogP contribution is -2.43. The van der Waals surface area contributed by atoms with Crippen molar-refractivity contribution >= 4 is 5.78 Å². The van der Waals surface area contributed by atoms with Gasteiger partial charge in [0.05, 0.1) is 5.54 Å². The Balaban J connectivity index is 2.19. The molecule has 1 aliphatic carbocycles. The first kappa shape index (κ1) is 6.35. The van der Waals surface area contributed by atoms with Crippen molar-refractivity contribution in [3.8, 4) is 0 Å². The van der Waals surface area contributed by atoms with Crippen LogP contribution in [-0.4, -0.2) is 17.9 Å². The van der Waals surface area contributed by atoms with Crippen molar-refractivity contribution in [3.05, 3.63) is 0 Å². The molecule has 1 saturated heterocycles. The molecule has 1 aliphatic heterocycles. The highest BCUT2D eigenvalue weighted by Crippen LogP contribution is 2.33. The van der Waals surface area contributed by atoms with Gasteiger partial charge in [-0.15, -0.1) is 0 Å². The predicted molar refractivity (Wildman–Crippen MR) is 38.8 cm³/mol. The second-order valence-corrected chi connectivity index (χ2v) is 3.39. The molecule has 56 valence electrons. The number of Topliss-reactive ketones (excluding diaryl/α,β-unsaturated/α-hetero) is 1. The van der Waals surface area contributed by atoms with Crippen molar-refractivity contribution in [2.75, 3.05) is 6.54 Å². The number of nitrogens with one attached hydrogen (secondary N) is 1. The highest BCUT2D eigenvalue weighted by atomic mass is 16.1. The molecule has 0 aromatic carbocycles. The Hall–Kier alpha value is -0.370. The standard InChI is InChI=1S/C8H13NO/c10-7-3-1-4-8(7)5-2-6-9-8/h9H,1-6H2/t8-/m1/s1. The van der Waals surface area contributed by atoms with Crippen LogP contribution in [0.2, 0.25) is 0 Å². The molecule has 0 aromatic rings. The van der Waals surface area contributed by atoms with Crippen LogP contribution in [-0.2, 0) is 4.79 Å². The number of hydrogen-bond donors (Lipinski definition) is 1. The molecule has 2 rings (SSSR count). The Morgan fingerprint density at radius 2 is 2.10 bits per heavy atom. The van der Waals surface area contributed by atoms with Crippen LogP contribution in [0.1, 0.15) is 32.1 Å². The van der Waals surface area contributed by atoms with E-state index in [1.54, 1.807) is 0 Å². The third-order valence-corrected chi connectivity index (χ3v) is 2.78. The van der Waals surface area contributed by atoms with Crippen LogP contribution in [0.25, 0.3) is 0 Å². The monoisotopic (exact) mass is 139 g/mol. The number of rotatable bonds is 0. The summed E-state index contributed by atoms with van der Waals surface area (Å²) in [7, 11) is 0. The van der Waals surface area contributed by atoms with E-state index in [2.05, 4.69) is 5.32 Å². The zero-order chi connectivity index (χ0) is 7.03. The van der Waals surface area contributed by atoms with Crippen molar-refractivity contribution in [3.63, 3.8) is 0 Å². The van der Waals surface area contributed by atoms with Crippen molar-refractivity contribution in [1.29, 1.82) is 0 Å². The van der Waals surface area contributed by atoms with E-state index >= 15 is 0 Å². The van der Waals surface area contributed by atoms with Gasteiger partial charge in [0.1, 0.15) is 0 Å². The van der Waals surface area contributed by atoms with Gasteiger partial charge >= 0.3 is 0 Å². The Bertz CT molecular complexity index is 153. The van der Waals surface area contributed by atoms with Crippen LogP contribution < -0.4 is 5.32 Å². The minimum atomic E-state index is -0.0417. The molecule has 10 heavy (non-hydrogen) atoms. The number of carbonyl (C=O) groups excluding carboxylic acids is 1. The number of hydrogen-bond acceptors (Lipinski definition) is 2. The average Bonchev–Trinajstić information content (AvgIpc) is 2.48. The first-order valence-electron chi connectivity index (χ1n) is 4.12. The molecule has 1 spiro atoms. The van der Waals surface area contributed by atoms with E-state index in [0.717, 1.165) is 32.2 Å². The molecule has 2 heteroatoms. The first-order chi connectivity index (χ1) is 4.83. The zero-order valence-corrected chi connectivity index (χ0v) is 6.15. The predicted octanol–water partition coefficient (Wildman–Crippen LogP) is 0.862. The molecule has 1 N–H and O–H groups in total. The van der Waals surface area contributed by atoms with Crippen molar-refractivity contribution < 1.29 is 4.79 Å². The second kappa shape index (κ2) is 2.06. The molecule has 1 atom stereocenters. The molecule has 2 aliphatic rings. The van der Waals surface area contributed by atoms with E-state index in [4.69, 9.17) is 0 Å². The van der Waals surface area contributed by atoms with Gasteiger partial charge in [-0.05, 0) is 32.2 Å². The highest BCUT2D eigenvalue weighted by Gasteiger charge is 2.43. The SMILES string of the molecule is O=C1CCC[C@@]12CCCN2. The highest BCUT2D eigenvalue weighted by molar-refractivity contribution is 5.90. The topological polar surface area (TPSA) is 29.1 Å². The van der Waals surface area contributed by atoms with Crippen LogP contribution in [0, 0.1) is 0 Å². The summed E-state index contributed by atoms with van der Waals surface area (Å²) in [5.41, 5.74) is -0.0417. The van der Waals surface area contributed by atoms with Crippen LogP contribution in [0.15, 0.2) is 0 Å². The molecule has 0 aromatic heterocycles. The third kappa shape index (κ3) is 0.717. The van der Waals surface area contributed by atoms with Crippen LogP contribution in [0.4, 0.5) is 0 Å². The van der Waals surface area contributed by atoms with Gasteiger partial charge in [0.25, 0.3) is 0 Å². The average molecular weight is 139 g/mol. The van der Waals surface area contributed by atoms with Crippen molar-refractivity contribution in [1.82, 2.24) is 5.32 Å². The summed E-state index contributed by atoms with van der Waals surface area (Å²) < 4.78 is 0. The molecule has 2 fully saturated rings. The number of carbonyl (C=O) groups is 1. The quantitative estimate of drug-likeness (QED) is 0.539. The molecule has 0 unspecified atom stereocenters. The molecule has 0 amide bonds. The fraction of sp³-hybridized carbons (Fsp3) is 0.875. The minimum absolute atomic E-state index is 0.0417.